The Morgan fingerprint density at radius 3 is 2.73 bits per heavy atom. The second-order valence-electron chi connectivity index (χ2n) is 8.72. The molecule has 1 amide bonds. The van der Waals surface area contributed by atoms with Crippen LogP contribution in [0.3, 0.4) is 0 Å². The normalized spacial score (nSPS) is 18.4. The van der Waals surface area contributed by atoms with Crippen molar-refractivity contribution in [3.05, 3.63) is 43.0 Å². The summed E-state index contributed by atoms with van der Waals surface area (Å²) in [6.45, 7) is 8.74. The Morgan fingerprint density at radius 1 is 1.30 bits per heavy atom. The average molecular weight is 426 g/mol. The summed E-state index contributed by atoms with van der Waals surface area (Å²) in [6, 6.07) is 10.7. The molecule has 0 unspecified atom stereocenters. The van der Waals surface area contributed by atoms with Gasteiger partial charge >= 0.3 is 0 Å². The van der Waals surface area contributed by atoms with Crippen LogP contribution in [-0.4, -0.2) is 38.3 Å². The number of hydrogen-bond donors (Lipinski definition) is 2. The van der Waals surface area contributed by atoms with Crippen molar-refractivity contribution in [3.8, 4) is 0 Å². The molecule has 1 aliphatic heterocycles. The number of piperidine rings is 1. The van der Waals surface area contributed by atoms with E-state index in [1.807, 2.05) is 6.07 Å². The number of amides is 1. The highest BCUT2D eigenvalue weighted by atomic mass is 32.2. The zero-order chi connectivity index (χ0) is 21.1. The van der Waals surface area contributed by atoms with Crippen molar-refractivity contribution in [2.75, 3.05) is 37.0 Å². The molecule has 2 aliphatic rings. The number of rotatable bonds is 8. The van der Waals surface area contributed by atoms with Gasteiger partial charge in [0, 0.05) is 54.0 Å². The van der Waals surface area contributed by atoms with Crippen molar-refractivity contribution in [3.63, 3.8) is 0 Å². The fraction of sp³-hybridized carbons (Fsp3) is 0.458. The third-order valence-corrected chi connectivity index (χ3v) is 7.20. The molecule has 2 N–H and O–H groups in total. The number of carbonyl (C=O) groups is 1. The molecular formula is C24H31N3O2S. The maximum absolute atomic E-state index is 11.7. The van der Waals surface area contributed by atoms with Gasteiger partial charge in [0.25, 0.3) is 0 Å². The van der Waals surface area contributed by atoms with Crippen LogP contribution in [0, 0.1) is 5.92 Å². The molecule has 30 heavy (non-hydrogen) atoms. The van der Waals surface area contributed by atoms with E-state index in [2.05, 4.69) is 52.7 Å². The summed E-state index contributed by atoms with van der Waals surface area (Å²) in [4.78, 5) is 15.4. The molecule has 6 heteroatoms. The first-order chi connectivity index (χ1) is 14.5. The van der Waals surface area contributed by atoms with Crippen LogP contribution >= 0.6 is 11.9 Å². The minimum Gasteiger partial charge on any atom is -0.384 e. The fourth-order valence-electron chi connectivity index (χ4n) is 3.96. The van der Waals surface area contributed by atoms with Crippen molar-refractivity contribution in [1.82, 2.24) is 4.72 Å². The van der Waals surface area contributed by atoms with E-state index in [-0.39, 0.29) is 11.4 Å². The molecule has 0 radical (unpaired) electrons. The molecule has 2 aromatic carbocycles. The van der Waals surface area contributed by atoms with Gasteiger partial charge in [-0.25, -0.2) is 0 Å². The highest BCUT2D eigenvalue weighted by molar-refractivity contribution is 7.97. The molecule has 0 bridgehead atoms. The number of benzene rings is 2. The lowest BCUT2D eigenvalue weighted by Crippen LogP contribution is -2.35. The molecular weight excluding hydrogens is 394 g/mol. The molecule has 1 heterocycles. The first-order valence-corrected chi connectivity index (χ1v) is 11.5. The SMILES string of the molecule is C=CC(=O)Nc1ccc2c(N3CCC(COC)CC3)cc(SNC3(C)CC3)cc2c1. The quantitative estimate of drug-likeness (QED) is 0.462. The van der Waals surface area contributed by atoms with Crippen LogP contribution < -0.4 is 14.9 Å². The molecule has 0 spiro atoms. The van der Waals surface area contributed by atoms with Crippen LogP contribution in [0.15, 0.2) is 47.9 Å². The van der Waals surface area contributed by atoms with E-state index in [1.165, 1.54) is 34.9 Å². The summed E-state index contributed by atoms with van der Waals surface area (Å²) in [7, 11) is 1.79. The third-order valence-electron chi connectivity index (χ3n) is 6.13. The Labute approximate surface area is 183 Å². The molecule has 160 valence electrons. The van der Waals surface area contributed by atoms with E-state index < -0.39 is 0 Å². The van der Waals surface area contributed by atoms with E-state index in [0.29, 0.717) is 5.92 Å². The molecule has 2 fully saturated rings. The number of hydrogen-bond acceptors (Lipinski definition) is 5. The maximum atomic E-state index is 11.7. The van der Waals surface area contributed by atoms with Gasteiger partial charge in [0.05, 0.1) is 0 Å². The molecule has 1 saturated carbocycles. The van der Waals surface area contributed by atoms with E-state index in [9.17, 15) is 4.79 Å². The number of nitrogens with zero attached hydrogens (tertiary/aromatic N) is 1. The molecule has 5 nitrogen and oxygen atoms in total. The second-order valence-corrected chi connectivity index (χ2v) is 9.60. The lowest BCUT2D eigenvalue weighted by molar-refractivity contribution is -0.111. The van der Waals surface area contributed by atoms with E-state index in [0.717, 1.165) is 43.6 Å². The third kappa shape index (κ3) is 4.99. The summed E-state index contributed by atoms with van der Waals surface area (Å²) in [6.07, 6.45) is 6.05. The minimum absolute atomic E-state index is 0.191. The lowest BCUT2D eigenvalue weighted by atomic mass is 9.96. The Morgan fingerprint density at radius 2 is 2.07 bits per heavy atom. The van der Waals surface area contributed by atoms with Gasteiger partial charge in [-0.1, -0.05) is 12.6 Å². The molecule has 4 rings (SSSR count). The van der Waals surface area contributed by atoms with Crippen LogP contribution in [0.25, 0.3) is 10.8 Å². The molecule has 1 saturated heterocycles. The van der Waals surface area contributed by atoms with Gasteiger partial charge in [-0.3, -0.25) is 9.52 Å². The standard InChI is InChI=1S/C24H31N3O2S/c1-4-23(28)25-19-5-6-21-18(13-19)14-20(30-26-24(2)9-10-24)15-22(21)27-11-7-17(8-12-27)16-29-3/h4-6,13-15,17,26H,1,7-12,16H2,2-3H3,(H,25,28). The number of nitrogens with one attached hydrogen (secondary N) is 2. The van der Waals surface area contributed by atoms with Gasteiger partial charge in [-0.15, -0.1) is 0 Å². The van der Waals surface area contributed by atoms with Crippen LogP contribution in [0.4, 0.5) is 11.4 Å². The summed E-state index contributed by atoms with van der Waals surface area (Å²) >= 11 is 1.72. The number of ether oxygens (including phenoxy) is 1. The topological polar surface area (TPSA) is 53.6 Å². The molecule has 1 aliphatic carbocycles. The maximum Gasteiger partial charge on any atom is 0.247 e. The van der Waals surface area contributed by atoms with Crippen molar-refractivity contribution in [1.29, 1.82) is 0 Å². The molecule has 0 atom stereocenters. The lowest BCUT2D eigenvalue weighted by Gasteiger charge is -2.34. The Kier molecular flexibility index (Phi) is 6.37. The van der Waals surface area contributed by atoms with E-state index >= 15 is 0 Å². The Hall–Kier alpha value is -2.02. The molecule has 2 aromatic rings. The first kappa shape index (κ1) is 21.2. The van der Waals surface area contributed by atoms with Gasteiger partial charge in [-0.05, 0) is 86.2 Å². The summed E-state index contributed by atoms with van der Waals surface area (Å²) in [5.74, 6) is 0.455. The van der Waals surface area contributed by atoms with Gasteiger partial charge < -0.3 is 15.0 Å². The number of fused-ring (bicyclic) bond motifs is 1. The summed E-state index contributed by atoms with van der Waals surface area (Å²) < 4.78 is 8.99. The second kappa shape index (κ2) is 9.00. The van der Waals surface area contributed by atoms with Gasteiger partial charge in [-0.2, -0.15) is 0 Å². The number of methoxy groups -OCH3 is 1. The summed E-state index contributed by atoms with van der Waals surface area (Å²) in [5.41, 5.74) is 2.33. The predicted octanol–water partition coefficient (Wildman–Crippen LogP) is 4.98. The zero-order valence-corrected chi connectivity index (χ0v) is 18.7. The van der Waals surface area contributed by atoms with Gasteiger partial charge in [0.1, 0.15) is 0 Å². The first-order valence-electron chi connectivity index (χ1n) is 10.7. The van der Waals surface area contributed by atoms with Crippen molar-refractivity contribution in [2.45, 2.75) is 43.0 Å². The Bertz CT molecular complexity index is 933. The largest absolute Gasteiger partial charge is 0.384 e. The minimum atomic E-state index is -0.191. The summed E-state index contributed by atoms with van der Waals surface area (Å²) in [5, 5.41) is 5.24. The van der Waals surface area contributed by atoms with Gasteiger partial charge in [0.2, 0.25) is 5.91 Å². The fourth-order valence-corrected chi connectivity index (χ4v) is 4.89. The van der Waals surface area contributed by atoms with Gasteiger partial charge in [0.15, 0.2) is 0 Å². The Balaban J connectivity index is 1.63. The highest BCUT2D eigenvalue weighted by Crippen LogP contribution is 2.40. The van der Waals surface area contributed by atoms with Crippen LogP contribution in [0.2, 0.25) is 0 Å². The number of anilines is 2. The highest BCUT2D eigenvalue weighted by Gasteiger charge is 2.37. The molecule has 0 aromatic heterocycles. The van der Waals surface area contributed by atoms with Crippen LogP contribution in [0.5, 0.6) is 0 Å². The van der Waals surface area contributed by atoms with Crippen LogP contribution in [0.1, 0.15) is 32.6 Å². The van der Waals surface area contributed by atoms with Crippen molar-refractivity contribution in [2.24, 2.45) is 5.92 Å². The zero-order valence-electron chi connectivity index (χ0n) is 17.9. The van der Waals surface area contributed by atoms with Crippen molar-refractivity contribution >= 4 is 40.0 Å². The van der Waals surface area contributed by atoms with E-state index in [1.54, 1.807) is 19.1 Å². The van der Waals surface area contributed by atoms with Crippen molar-refractivity contribution < 1.29 is 9.53 Å². The number of carbonyl (C=O) groups excluding carboxylic acids is 1. The van der Waals surface area contributed by atoms with E-state index in [4.69, 9.17) is 4.74 Å². The van der Waals surface area contributed by atoms with Crippen LogP contribution in [-0.2, 0) is 9.53 Å². The predicted molar refractivity (Wildman–Crippen MR) is 126 cm³/mol. The smallest absolute Gasteiger partial charge is 0.247 e. The monoisotopic (exact) mass is 425 g/mol. The average Bonchev–Trinajstić information content (AvgIpc) is 3.50.